The van der Waals surface area contributed by atoms with Crippen LogP contribution < -0.4 is 10.5 Å². The van der Waals surface area contributed by atoms with Crippen molar-refractivity contribution in [1.82, 2.24) is 4.98 Å². The summed E-state index contributed by atoms with van der Waals surface area (Å²) in [6, 6.07) is 12.0. The molecule has 0 aliphatic rings. The quantitative estimate of drug-likeness (QED) is 0.854. The van der Waals surface area contributed by atoms with Crippen molar-refractivity contribution in [2.45, 2.75) is 39.2 Å². The molecule has 1 aromatic heterocycles. The van der Waals surface area contributed by atoms with Crippen LogP contribution in [0, 0.1) is 0 Å². The van der Waals surface area contributed by atoms with Crippen molar-refractivity contribution in [2.75, 3.05) is 0 Å². The molecule has 1 aromatic carbocycles. The van der Waals surface area contributed by atoms with Crippen molar-refractivity contribution in [3.8, 4) is 11.6 Å². The monoisotopic (exact) mass is 270 g/mol. The third-order valence-corrected chi connectivity index (χ3v) is 3.25. The highest BCUT2D eigenvalue weighted by atomic mass is 16.5. The normalized spacial score (nSPS) is 12.2. The first-order chi connectivity index (χ1) is 9.69. The molecule has 0 saturated carbocycles. The maximum Gasteiger partial charge on any atom is 0.219 e. The number of nitrogens with two attached hydrogens (primary N) is 1. The van der Waals surface area contributed by atoms with Crippen LogP contribution in [0.25, 0.3) is 0 Å². The molecular weight excluding hydrogens is 248 g/mol. The first kappa shape index (κ1) is 14.5. The summed E-state index contributed by atoms with van der Waals surface area (Å²) < 4.78 is 5.72. The molecule has 3 heteroatoms. The van der Waals surface area contributed by atoms with Gasteiger partial charge in [0.2, 0.25) is 5.88 Å². The summed E-state index contributed by atoms with van der Waals surface area (Å²) in [5.41, 5.74) is 8.15. The van der Waals surface area contributed by atoms with Crippen LogP contribution in [0.1, 0.15) is 43.9 Å². The molecule has 0 saturated heterocycles. The second-order valence-electron chi connectivity index (χ2n) is 5.07. The van der Waals surface area contributed by atoms with Gasteiger partial charge in [-0.3, -0.25) is 0 Å². The first-order valence-corrected chi connectivity index (χ1v) is 7.17. The standard InChI is InChI=1S/C17H22N2O/c1-3-4-5-14-6-9-16(10-7-14)20-17-11-8-15(12-19-17)13(2)18/h6-13H,3-5,18H2,1-2H3. The largest absolute Gasteiger partial charge is 0.439 e. The number of rotatable bonds is 6. The molecule has 0 radical (unpaired) electrons. The van der Waals surface area contributed by atoms with Gasteiger partial charge < -0.3 is 10.5 Å². The van der Waals surface area contributed by atoms with Gasteiger partial charge in [0.1, 0.15) is 5.75 Å². The molecular formula is C17H22N2O. The van der Waals surface area contributed by atoms with Crippen LogP contribution in [-0.2, 0) is 6.42 Å². The van der Waals surface area contributed by atoms with E-state index in [0.29, 0.717) is 5.88 Å². The minimum absolute atomic E-state index is 0.00519. The second-order valence-corrected chi connectivity index (χ2v) is 5.07. The van der Waals surface area contributed by atoms with Crippen molar-refractivity contribution in [2.24, 2.45) is 5.73 Å². The number of benzene rings is 1. The number of aryl methyl sites for hydroxylation is 1. The van der Waals surface area contributed by atoms with E-state index in [1.807, 2.05) is 31.2 Å². The maximum atomic E-state index is 5.79. The van der Waals surface area contributed by atoms with Crippen LogP contribution in [0.15, 0.2) is 42.6 Å². The van der Waals surface area contributed by atoms with Crippen LogP contribution in [0.5, 0.6) is 11.6 Å². The molecule has 2 aromatic rings. The van der Waals surface area contributed by atoms with E-state index in [2.05, 4.69) is 24.0 Å². The molecule has 0 amide bonds. The smallest absolute Gasteiger partial charge is 0.219 e. The van der Waals surface area contributed by atoms with Crippen molar-refractivity contribution in [3.63, 3.8) is 0 Å². The van der Waals surface area contributed by atoms with E-state index < -0.39 is 0 Å². The molecule has 3 nitrogen and oxygen atoms in total. The Morgan fingerprint density at radius 3 is 2.45 bits per heavy atom. The zero-order valence-corrected chi connectivity index (χ0v) is 12.2. The maximum absolute atomic E-state index is 5.79. The highest BCUT2D eigenvalue weighted by Crippen LogP contribution is 2.21. The molecule has 0 aliphatic carbocycles. The second kappa shape index (κ2) is 7.06. The summed E-state index contributed by atoms with van der Waals surface area (Å²) in [4.78, 5) is 4.27. The summed E-state index contributed by atoms with van der Waals surface area (Å²) in [7, 11) is 0. The average Bonchev–Trinajstić information content (AvgIpc) is 2.47. The zero-order valence-electron chi connectivity index (χ0n) is 12.2. The zero-order chi connectivity index (χ0) is 14.4. The van der Waals surface area contributed by atoms with Crippen molar-refractivity contribution in [3.05, 3.63) is 53.7 Å². The van der Waals surface area contributed by atoms with Crippen molar-refractivity contribution < 1.29 is 4.74 Å². The lowest BCUT2D eigenvalue weighted by atomic mass is 10.1. The lowest BCUT2D eigenvalue weighted by Gasteiger charge is -2.08. The van der Waals surface area contributed by atoms with Crippen LogP contribution in [-0.4, -0.2) is 4.98 Å². The topological polar surface area (TPSA) is 48.1 Å². The van der Waals surface area contributed by atoms with Crippen molar-refractivity contribution >= 4 is 0 Å². The van der Waals surface area contributed by atoms with Gasteiger partial charge in [-0.05, 0) is 43.0 Å². The van der Waals surface area contributed by atoms with Gasteiger partial charge >= 0.3 is 0 Å². The number of unbranched alkanes of at least 4 members (excludes halogenated alkanes) is 1. The molecule has 1 atom stereocenters. The molecule has 2 N–H and O–H groups in total. The summed E-state index contributed by atoms with van der Waals surface area (Å²) in [5.74, 6) is 1.40. The molecule has 106 valence electrons. The van der Waals surface area contributed by atoms with Crippen molar-refractivity contribution in [1.29, 1.82) is 0 Å². The minimum atomic E-state index is -0.00519. The Morgan fingerprint density at radius 2 is 1.90 bits per heavy atom. The van der Waals surface area contributed by atoms with E-state index in [-0.39, 0.29) is 6.04 Å². The molecule has 1 unspecified atom stereocenters. The Bertz CT molecular complexity index is 518. The van der Waals surface area contributed by atoms with E-state index in [9.17, 15) is 0 Å². The number of hydrogen-bond donors (Lipinski definition) is 1. The van der Waals surface area contributed by atoms with Gasteiger partial charge in [-0.1, -0.05) is 31.5 Å². The van der Waals surface area contributed by atoms with E-state index in [1.54, 1.807) is 6.20 Å². The first-order valence-electron chi connectivity index (χ1n) is 7.17. The van der Waals surface area contributed by atoms with Crippen LogP contribution in [0.3, 0.4) is 0 Å². The van der Waals surface area contributed by atoms with Gasteiger partial charge in [0.15, 0.2) is 0 Å². The number of hydrogen-bond acceptors (Lipinski definition) is 3. The fourth-order valence-electron chi connectivity index (χ4n) is 1.95. The van der Waals surface area contributed by atoms with E-state index in [4.69, 9.17) is 10.5 Å². The van der Waals surface area contributed by atoms with E-state index in [0.717, 1.165) is 17.7 Å². The van der Waals surface area contributed by atoms with Crippen LogP contribution in [0.2, 0.25) is 0 Å². The third-order valence-electron chi connectivity index (χ3n) is 3.25. The van der Waals surface area contributed by atoms with Crippen LogP contribution >= 0.6 is 0 Å². The highest BCUT2D eigenvalue weighted by Gasteiger charge is 2.02. The lowest BCUT2D eigenvalue weighted by molar-refractivity contribution is 0.462. The number of aromatic nitrogens is 1. The molecule has 1 heterocycles. The highest BCUT2D eigenvalue weighted by molar-refractivity contribution is 5.31. The predicted molar refractivity (Wildman–Crippen MR) is 82.0 cm³/mol. The van der Waals surface area contributed by atoms with E-state index in [1.165, 1.54) is 18.4 Å². The average molecular weight is 270 g/mol. The summed E-state index contributed by atoms with van der Waals surface area (Å²) in [5, 5.41) is 0. The number of ether oxygens (including phenoxy) is 1. The van der Waals surface area contributed by atoms with Gasteiger partial charge in [-0.2, -0.15) is 0 Å². The molecule has 2 rings (SSSR count). The Kier molecular flexibility index (Phi) is 5.13. The fourth-order valence-corrected chi connectivity index (χ4v) is 1.95. The SMILES string of the molecule is CCCCc1ccc(Oc2ccc(C(C)N)cn2)cc1. The minimum Gasteiger partial charge on any atom is -0.439 e. The summed E-state index contributed by atoms with van der Waals surface area (Å²) in [6.45, 7) is 4.14. The van der Waals surface area contributed by atoms with Gasteiger partial charge in [0, 0.05) is 18.3 Å². The van der Waals surface area contributed by atoms with Crippen LogP contribution in [0.4, 0.5) is 0 Å². The Hall–Kier alpha value is -1.87. The lowest BCUT2D eigenvalue weighted by Crippen LogP contribution is -2.05. The molecule has 20 heavy (non-hydrogen) atoms. The third kappa shape index (κ3) is 4.07. The number of pyridine rings is 1. The molecule has 0 bridgehead atoms. The van der Waals surface area contributed by atoms with Gasteiger partial charge in [-0.25, -0.2) is 4.98 Å². The predicted octanol–water partition coefficient (Wildman–Crippen LogP) is 4.24. The van der Waals surface area contributed by atoms with Gasteiger partial charge in [-0.15, -0.1) is 0 Å². The molecule has 0 fully saturated rings. The Morgan fingerprint density at radius 1 is 1.15 bits per heavy atom. The van der Waals surface area contributed by atoms with Gasteiger partial charge in [0.05, 0.1) is 0 Å². The summed E-state index contributed by atoms with van der Waals surface area (Å²) >= 11 is 0. The summed E-state index contributed by atoms with van der Waals surface area (Å²) in [6.07, 6.45) is 5.32. The molecule has 0 aliphatic heterocycles. The Balaban J connectivity index is 1.98. The fraction of sp³-hybridized carbons (Fsp3) is 0.353. The van der Waals surface area contributed by atoms with E-state index >= 15 is 0 Å². The number of nitrogens with zero attached hydrogens (tertiary/aromatic N) is 1. The Labute approximate surface area is 120 Å². The van der Waals surface area contributed by atoms with Gasteiger partial charge in [0.25, 0.3) is 0 Å². The molecule has 0 spiro atoms.